The molecule has 0 saturated heterocycles. The number of aromatic nitrogens is 2. The summed E-state index contributed by atoms with van der Waals surface area (Å²) in [5, 5.41) is 12.0. The van der Waals surface area contributed by atoms with Gasteiger partial charge in [-0.25, -0.2) is 8.42 Å². The van der Waals surface area contributed by atoms with E-state index in [1.165, 1.54) is 33.8 Å². The maximum absolute atomic E-state index is 12.7. The van der Waals surface area contributed by atoms with Gasteiger partial charge in [-0.2, -0.15) is 4.31 Å². The summed E-state index contributed by atoms with van der Waals surface area (Å²) in [6.45, 7) is 10.2. The average Bonchev–Trinajstić information content (AvgIpc) is 3.04. The average molecular weight is 431 g/mol. The lowest BCUT2D eigenvalue weighted by atomic mass is 9.98. The first-order valence-electron chi connectivity index (χ1n) is 8.45. The first kappa shape index (κ1) is 21.7. The van der Waals surface area contributed by atoms with Gasteiger partial charge in [-0.15, -0.1) is 10.2 Å². The standard InChI is InChI=1S/C17H23ClN4O3S2/c1-6-22(7-2)27(24,25)11-8-9-13(18)12(10-11)14(23)19-16-21-20-15(26-16)17(3,4)5/h8-10H,6-7H2,1-5H3,(H,19,21,23). The number of anilines is 1. The lowest BCUT2D eigenvalue weighted by Gasteiger charge is -2.19. The molecule has 0 radical (unpaired) electrons. The fraction of sp³-hybridized carbons (Fsp3) is 0.471. The Labute approximate surface area is 168 Å². The van der Waals surface area contributed by atoms with Crippen LogP contribution in [0.25, 0.3) is 0 Å². The Morgan fingerprint density at radius 1 is 1.22 bits per heavy atom. The number of amides is 1. The molecule has 0 spiro atoms. The van der Waals surface area contributed by atoms with Gasteiger partial charge in [0.05, 0.1) is 15.5 Å². The van der Waals surface area contributed by atoms with Gasteiger partial charge in [0.1, 0.15) is 5.01 Å². The van der Waals surface area contributed by atoms with E-state index in [1.807, 2.05) is 20.8 Å². The zero-order valence-corrected chi connectivity index (χ0v) is 18.3. The van der Waals surface area contributed by atoms with Gasteiger partial charge >= 0.3 is 0 Å². The summed E-state index contributed by atoms with van der Waals surface area (Å²) in [4.78, 5) is 12.6. The minimum Gasteiger partial charge on any atom is -0.296 e. The maximum Gasteiger partial charge on any atom is 0.259 e. The Morgan fingerprint density at radius 2 is 1.85 bits per heavy atom. The van der Waals surface area contributed by atoms with E-state index in [0.717, 1.165) is 5.01 Å². The van der Waals surface area contributed by atoms with Crippen LogP contribution < -0.4 is 5.32 Å². The van der Waals surface area contributed by atoms with E-state index in [9.17, 15) is 13.2 Å². The van der Waals surface area contributed by atoms with Gasteiger partial charge in [0, 0.05) is 18.5 Å². The normalized spacial score (nSPS) is 12.4. The number of nitrogens with one attached hydrogen (secondary N) is 1. The highest BCUT2D eigenvalue weighted by molar-refractivity contribution is 7.89. The Hall–Kier alpha value is -1.55. The molecule has 0 unspecified atom stereocenters. The van der Waals surface area contributed by atoms with E-state index in [2.05, 4.69) is 15.5 Å². The van der Waals surface area contributed by atoms with Crippen LogP contribution in [-0.4, -0.2) is 41.9 Å². The second kappa shape index (κ2) is 8.22. The maximum atomic E-state index is 12.7. The van der Waals surface area contributed by atoms with Crippen LogP contribution in [0.5, 0.6) is 0 Å². The molecule has 2 rings (SSSR count). The molecule has 7 nitrogen and oxygen atoms in total. The van der Waals surface area contributed by atoms with Gasteiger partial charge in [-0.1, -0.05) is 57.6 Å². The first-order valence-corrected chi connectivity index (χ1v) is 11.1. The fourth-order valence-corrected chi connectivity index (χ4v) is 4.78. The molecule has 10 heteroatoms. The van der Waals surface area contributed by atoms with Crippen molar-refractivity contribution >= 4 is 44.0 Å². The lowest BCUT2D eigenvalue weighted by Crippen LogP contribution is -2.30. The van der Waals surface area contributed by atoms with Crippen molar-refractivity contribution in [3.63, 3.8) is 0 Å². The smallest absolute Gasteiger partial charge is 0.259 e. The van der Waals surface area contributed by atoms with Crippen molar-refractivity contribution in [3.8, 4) is 0 Å². The second-order valence-electron chi connectivity index (χ2n) is 6.85. The highest BCUT2D eigenvalue weighted by Crippen LogP contribution is 2.29. The molecule has 1 aromatic carbocycles. The molecular formula is C17H23ClN4O3S2. The Morgan fingerprint density at radius 3 is 2.37 bits per heavy atom. The van der Waals surface area contributed by atoms with Crippen LogP contribution >= 0.6 is 22.9 Å². The van der Waals surface area contributed by atoms with Crippen molar-refractivity contribution < 1.29 is 13.2 Å². The van der Waals surface area contributed by atoms with E-state index >= 15 is 0 Å². The third-order valence-corrected chi connectivity index (χ3v) is 7.45. The highest BCUT2D eigenvalue weighted by Gasteiger charge is 2.25. The summed E-state index contributed by atoms with van der Waals surface area (Å²) in [7, 11) is -3.69. The number of hydrogen-bond acceptors (Lipinski definition) is 6. The van der Waals surface area contributed by atoms with Gasteiger partial charge < -0.3 is 0 Å². The predicted octanol–water partition coefficient (Wildman–Crippen LogP) is 3.77. The minimum atomic E-state index is -3.69. The fourth-order valence-electron chi connectivity index (χ4n) is 2.29. The Kier molecular flexibility index (Phi) is 6.62. The van der Waals surface area contributed by atoms with Crippen LogP contribution in [0, 0.1) is 0 Å². The molecular weight excluding hydrogens is 408 g/mol. The van der Waals surface area contributed by atoms with Crippen LogP contribution in [0.3, 0.4) is 0 Å². The third kappa shape index (κ3) is 4.84. The number of rotatable bonds is 6. The third-order valence-electron chi connectivity index (χ3n) is 3.81. The van der Waals surface area contributed by atoms with E-state index < -0.39 is 15.9 Å². The van der Waals surface area contributed by atoms with Crippen molar-refractivity contribution in [1.82, 2.24) is 14.5 Å². The molecule has 0 saturated carbocycles. The number of carbonyl (C=O) groups excluding carboxylic acids is 1. The number of carbonyl (C=O) groups is 1. The van der Waals surface area contributed by atoms with Crippen molar-refractivity contribution in [1.29, 1.82) is 0 Å². The molecule has 1 aromatic heterocycles. The van der Waals surface area contributed by atoms with Crippen LogP contribution in [0.1, 0.15) is 50.0 Å². The number of sulfonamides is 1. The van der Waals surface area contributed by atoms with E-state index in [4.69, 9.17) is 11.6 Å². The molecule has 1 heterocycles. The van der Waals surface area contributed by atoms with Crippen molar-refractivity contribution in [2.75, 3.05) is 18.4 Å². The summed E-state index contributed by atoms with van der Waals surface area (Å²) in [6.07, 6.45) is 0. The number of hydrogen-bond donors (Lipinski definition) is 1. The largest absolute Gasteiger partial charge is 0.296 e. The van der Waals surface area contributed by atoms with Gasteiger partial charge in [-0.3, -0.25) is 10.1 Å². The van der Waals surface area contributed by atoms with Gasteiger partial charge in [0.15, 0.2) is 0 Å². The number of nitrogens with zero attached hydrogens (tertiary/aromatic N) is 3. The minimum absolute atomic E-state index is 0.0217. The summed E-state index contributed by atoms with van der Waals surface area (Å²) in [5.41, 5.74) is -0.117. The molecule has 1 amide bonds. The first-order chi connectivity index (χ1) is 12.5. The molecule has 0 fully saturated rings. The summed E-state index contributed by atoms with van der Waals surface area (Å²) in [5.74, 6) is -0.534. The highest BCUT2D eigenvalue weighted by atomic mass is 35.5. The van der Waals surface area contributed by atoms with Gasteiger partial charge in [-0.05, 0) is 18.2 Å². The summed E-state index contributed by atoms with van der Waals surface area (Å²) < 4.78 is 26.7. The Bertz CT molecular complexity index is 932. The molecule has 27 heavy (non-hydrogen) atoms. The monoisotopic (exact) mass is 430 g/mol. The molecule has 2 aromatic rings. The van der Waals surface area contributed by atoms with Crippen LogP contribution in [0.2, 0.25) is 5.02 Å². The predicted molar refractivity (Wildman–Crippen MR) is 108 cm³/mol. The SMILES string of the molecule is CCN(CC)S(=O)(=O)c1ccc(Cl)c(C(=O)Nc2nnc(C(C)(C)C)s2)c1. The molecule has 148 valence electrons. The topological polar surface area (TPSA) is 92.3 Å². The van der Waals surface area contributed by atoms with Gasteiger partial charge in [0.25, 0.3) is 5.91 Å². The van der Waals surface area contributed by atoms with Crippen molar-refractivity contribution in [2.45, 2.75) is 44.9 Å². The van der Waals surface area contributed by atoms with Crippen molar-refractivity contribution in [3.05, 3.63) is 33.8 Å². The van der Waals surface area contributed by atoms with E-state index in [1.54, 1.807) is 13.8 Å². The Balaban J connectivity index is 2.33. The van der Waals surface area contributed by atoms with E-state index in [0.29, 0.717) is 18.2 Å². The van der Waals surface area contributed by atoms with Gasteiger partial charge in [0.2, 0.25) is 15.2 Å². The molecule has 0 aliphatic heterocycles. The van der Waals surface area contributed by atoms with Crippen LogP contribution in [0.4, 0.5) is 5.13 Å². The molecule has 0 aliphatic rings. The zero-order valence-electron chi connectivity index (χ0n) is 15.9. The van der Waals surface area contributed by atoms with Crippen LogP contribution in [0.15, 0.2) is 23.1 Å². The quantitative estimate of drug-likeness (QED) is 0.752. The molecule has 0 aliphatic carbocycles. The number of halogens is 1. The molecule has 0 atom stereocenters. The molecule has 1 N–H and O–H groups in total. The van der Waals surface area contributed by atoms with E-state index in [-0.39, 0.29) is 20.9 Å². The second-order valence-corrected chi connectivity index (χ2v) is 10.2. The summed E-state index contributed by atoms with van der Waals surface area (Å²) in [6, 6.07) is 4.10. The van der Waals surface area contributed by atoms with Crippen LogP contribution in [-0.2, 0) is 15.4 Å². The van der Waals surface area contributed by atoms with Crippen molar-refractivity contribution in [2.24, 2.45) is 0 Å². The lowest BCUT2D eigenvalue weighted by molar-refractivity contribution is 0.102. The molecule has 0 bridgehead atoms. The number of benzene rings is 1. The zero-order chi connectivity index (χ0) is 20.4. The summed E-state index contributed by atoms with van der Waals surface area (Å²) >= 11 is 7.40.